The van der Waals surface area contributed by atoms with Crippen LogP contribution in [0.1, 0.15) is 71.5 Å². The number of carbonyl (C=O) groups excluding carboxylic acids is 1. The van der Waals surface area contributed by atoms with Gasteiger partial charge in [0, 0.05) is 30.8 Å². The zero-order valence-electron chi connectivity index (χ0n) is 22.5. The van der Waals surface area contributed by atoms with Crippen LogP contribution in [0.2, 0.25) is 0 Å². The SMILES string of the molecule is C[C@@H]1c2ccccc2C(F)CN1C(=O)c1cc(N2CCCC2)n2nc(-c3ccc([C@H]4C[C@@H]4C(=O)O)cc3F)cc2n1. The van der Waals surface area contributed by atoms with Crippen molar-refractivity contribution in [2.45, 2.75) is 44.3 Å². The Bertz CT molecular complexity index is 1700. The molecule has 2 fully saturated rings. The molecule has 0 radical (unpaired) electrons. The second-order valence-electron chi connectivity index (χ2n) is 11.2. The van der Waals surface area contributed by atoms with Crippen LogP contribution < -0.4 is 4.90 Å². The minimum absolute atomic E-state index is 0.0608. The number of carboxylic acid groups (broad SMARTS) is 1. The summed E-state index contributed by atoms with van der Waals surface area (Å²) >= 11 is 0. The van der Waals surface area contributed by atoms with E-state index >= 15 is 8.78 Å². The largest absolute Gasteiger partial charge is 0.481 e. The minimum atomic E-state index is -1.29. The Labute approximate surface area is 235 Å². The van der Waals surface area contributed by atoms with Crippen molar-refractivity contribution in [3.05, 3.63) is 82.8 Å². The summed E-state index contributed by atoms with van der Waals surface area (Å²) in [6.07, 6.45) is 1.22. The fraction of sp³-hybridized carbons (Fsp3) is 0.355. The number of nitrogens with zero attached hydrogens (tertiary/aromatic N) is 5. The van der Waals surface area contributed by atoms with E-state index in [1.54, 1.807) is 40.9 Å². The number of benzene rings is 2. The van der Waals surface area contributed by atoms with Crippen LogP contribution in [0, 0.1) is 11.7 Å². The summed E-state index contributed by atoms with van der Waals surface area (Å²) in [5.74, 6) is -1.69. The van der Waals surface area contributed by atoms with Crippen molar-refractivity contribution >= 4 is 23.3 Å². The van der Waals surface area contributed by atoms with Gasteiger partial charge in [-0.25, -0.2) is 13.8 Å². The van der Waals surface area contributed by atoms with Gasteiger partial charge in [-0.1, -0.05) is 30.3 Å². The lowest BCUT2D eigenvalue weighted by Gasteiger charge is -2.37. The van der Waals surface area contributed by atoms with E-state index in [9.17, 15) is 14.7 Å². The second kappa shape index (κ2) is 9.64. The first-order valence-corrected chi connectivity index (χ1v) is 14.0. The van der Waals surface area contributed by atoms with Gasteiger partial charge in [0.2, 0.25) is 0 Å². The van der Waals surface area contributed by atoms with E-state index < -0.39 is 23.9 Å². The molecule has 1 unspecified atom stereocenters. The maximum Gasteiger partial charge on any atom is 0.307 e. The summed E-state index contributed by atoms with van der Waals surface area (Å²) in [4.78, 5) is 33.4. The summed E-state index contributed by atoms with van der Waals surface area (Å²) in [5.41, 5.74) is 3.27. The van der Waals surface area contributed by atoms with Gasteiger partial charge < -0.3 is 14.9 Å². The number of aromatic nitrogens is 3. The molecule has 4 aromatic rings. The molecule has 1 aliphatic carbocycles. The van der Waals surface area contributed by atoms with E-state index in [-0.39, 0.29) is 35.7 Å². The number of aliphatic carboxylic acids is 1. The van der Waals surface area contributed by atoms with Crippen LogP contribution in [0.25, 0.3) is 16.9 Å². The van der Waals surface area contributed by atoms with E-state index in [0.717, 1.165) is 31.5 Å². The van der Waals surface area contributed by atoms with Crippen molar-refractivity contribution < 1.29 is 23.5 Å². The first kappa shape index (κ1) is 25.6. The molecule has 2 aromatic heterocycles. The summed E-state index contributed by atoms with van der Waals surface area (Å²) in [6.45, 7) is 3.41. The molecule has 41 heavy (non-hydrogen) atoms. The third-order valence-electron chi connectivity index (χ3n) is 8.73. The zero-order chi connectivity index (χ0) is 28.4. The summed E-state index contributed by atoms with van der Waals surface area (Å²) < 4.78 is 32.1. The lowest BCUT2D eigenvalue weighted by molar-refractivity contribution is -0.138. The fourth-order valence-electron chi connectivity index (χ4n) is 6.36. The number of hydrogen-bond acceptors (Lipinski definition) is 5. The number of hydrogen-bond donors (Lipinski definition) is 1. The van der Waals surface area contributed by atoms with Crippen LogP contribution in [0.5, 0.6) is 0 Å². The Morgan fingerprint density at radius 3 is 2.49 bits per heavy atom. The molecule has 1 amide bonds. The average molecular weight is 558 g/mol. The van der Waals surface area contributed by atoms with Gasteiger partial charge in [-0.15, -0.1) is 0 Å². The number of fused-ring (bicyclic) bond motifs is 2. The molecule has 7 rings (SSSR count). The highest BCUT2D eigenvalue weighted by Crippen LogP contribution is 2.48. The molecule has 10 heteroatoms. The zero-order valence-corrected chi connectivity index (χ0v) is 22.5. The minimum Gasteiger partial charge on any atom is -0.481 e. The van der Waals surface area contributed by atoms with Crippen LogP contribution in [0.3, 0.4) is 0 Å². The average Bonchev–Trinajstić information content (AvgIpc) is 3.38. The molecular formula is C31H29F2N5O3. The van der Waals surface area contributed by atoms with Crippen LogP contribution in [0.15, 0.2) is 54.6 Å². The Hall–Kier alpha value is -4.34. The molecule has 0 bridgehead atoms. The molecule has 3 aliphatic rings. The van der Waals surface area contributed by atoms with Crippen molar-refractivity contribution in [2.75, 3.05) is 24.5 Å². The van der Waals surface area contributed by atoms with Crippen LogP contribution in [-0.4, -0.2) is 56.1 Å². The number of amides is 1. The van der Waals surface area contributed by atoms with Gasteiger partial charge in [0.25, 0.3) is 5.91 Å². The fourth-order valence-corrected chi connectivity index (χ4v) is 6.36. The maximum absolute atomic E-state index is 15.3. The first-order valence-electron chi connectivity index (χ1n) is 14.0. The third-order valence-corrected chi connectivity index (χ3v) is 8.73. The van der Waals surface area contributed by atoms with E-state index in [2.05, 4.69) is 15.0 Å². The Balaban J connectivity index is 1.26. The number of rotatable bonds is 5. The lowest BCUT2D eigenvalue weighted by atomic mass is 9.92. The monoisotopic (exact) mass is 557 g/mol. The van der Waals surface area contributed by atoms with Crippen LogP contribution in [-0.2, 0) is 4.79 Å². The number of alkyl halides is 1. The molecule has 4 heterocycles. The molecule has 1 saturated carbocycles. The van der Waals surface area contributed by atoms with E-state index in [1.807, 2.05) is 19.1 Å². The summed E-state index contributed by atoms with van der Waals surface area (Å²) in [6, 6.07) is 15.1. The number of anilines is 1. The van der Waals surface area contributed by atoms with Crippen LogP contribution in [0.4, 0.5) is 14.6 Å². The molecule has 4 atom stereocenters. The lowest BCUT2D eigenvalue weighted by Crippen LogP contribution is -2.40. The molecule has 1 saturated heterocycles. The predicted octanol–water partition coefficient (Wildman–Crippen LogP) is 5.55. The van der Waals surface area contributed by atoms with Crippen molar-refractivity contribution in [3.8, 4) is 11.3 Å². The molecular weight excluding hydrogens is 528 g/mol. The summed E-state index contributed by atoms with van der Waals surface area (Å²) in [7, 11) is 0. The van der Waals surface area contributed by atoms with E-state index in [0.29, 0.717) is 34.7 Å². The van der Waals surface area contributed by atoms with Gasteiger partial charge in [-0.2, -0.15) is 9.61 Å². The topological polar surface area (TPSA) is 91.0 Å². The molecule has 1 N–H and O–H groups in total. The van der Waals surface area contributed by atoms with E-state index in [4.69, 9.17) is 0 Å². The van der Waals surface area contributed by atoms with Crippen molar-refractivity contribution in [3.63, 3.8) is 0 Å². The Kier molecular flexibility index (Phi) is 6.02. The Morgan fingerprint density at radius 2 is 1.78 bits per heavy atom. The Morgan fingerprint density at radius 1 is 1.02 bits per heavy atom. The highest BCUT2D eigenvalue weighted by molar-refractivity contribution is 5.94. The summed E-state index contributed by atoms with van der Waals surface area (Å²) in [5, 5.41) is 13.9. The normalized spacial score (nSPS) is 23.6. The third kappa shape index (κ3) is 4.32. The second-order valence-corrected chi connectivity index (χ2v) is 11.2. The smallest absolute Gasteiger partial charge is 0.307 e. The molecule has 8 nitrogen and oxygen atoms in total. The molecule has 210 valence electrons. The molecule has 2 aliphatic heterocycles. The van der Waals surface area contributed by atoms with Gasteiger partial charge in [-0.05, 0) is 60.9 Å². The van der Waals surface area contributed by atoms with Gasteiger partial charge in [0.15, 0.2) is 5.65 Å². The maximum atomic E-state index is 15.3. The van der Waals surface area contributed by atoms with Gasteiger partial charge in [0.05, 0.1) is 24.2 Å². The highest BCUT2D eigenvalue weighted by Gasteiger charge is 2.44. The van der Waals surface area contributed by atoms with Gasteiger partial charge in [-0.3, -0.25) is 9.59 Å². The first-order chi connectivity index (χ1) is 19.8. The quantitative estimate of drug-likeness (QED) is 0.346. The standard InChI is InChI=1S/C31H29F2N5O3/c1-17-19-6-2-3-7-20(19)25(33)16-37(17)30(39)27-15-29(36-10-4-5-11-36)38-28(34-27)14-26(35-38)21-9-8-18(12-24(21)32)22-13-23(22)31(40)41/h2-3,6-9,12,14-15,17,22-23,25H,4-5,10-11,13,16H2,1H3,(H,40,41)/t17-,22-,23+,25?/m1/s1. The van der Waals surface area contributed by atoms with Crippen molar-refractivity contribution in [1.82, 2.24) is 19.5 Å². The van der Waals surface area contributed by atoms with Crippen molar-refractivity contribution in [1.29, 1.82) is 0 Å². The predicted molar refractivity (Wildman–Crippen MR) is 148 cm³/mol. The van der Waals surface area contributed by atoms with Crippen LogP contribution >= 0.6 is 0 Å². The molecule has 0 spiro atoms. The van der Waals surface area contributed by atoms with Gasteiger partial charge in [0.1, 0.15) is 23.5 Å². The number of carbonyl (C=O) groups is 2. The van der Waals surface area contributed by atoms with Crippen molar-refractivity contribution in [2.24, 2.45) is 5.92 Å². The number of carboxylic acids is 1. The number of halogens is 2. The highest BCUT2D eigenvalue weighted by atomic mass is 19.1. The van der Waals surface area contributed by atoms with E-state index in [1.165, 1.54) is 11.0 Å². The molecule has 2 aromatic carbocycles. The van der Waals surface area contributed by atoms with Gasteiger partial charge >= 0.3 is 5.97 Å².